The lowest BCUT2D eigenvalue weighted by Crippen LogP contribution is -2.17. The third kappa shape index (κ3) is 5.35. The van der Waals surface area contributed by atoms with Gasteiger partial charge in [0.15, 0.2) is 0 Å². The second-order valence-electron chi connectivity index (χ2n) is 9.96. The molecule has 3 aromatic rings. The minimum atomic E-state index is -0.146. The van der Waals surface area contributed by atoms with Gasteiger partial charge in [-0.25, -0.2) is 0 Å². The van der Waals surface area contributed by atoms with Crippen LogP contribution >= 0.6 is 0 Å². The van der Waals surface area contributed by atoms with Crippen molar-refractivity contribution in [2.75, 3.05) is 10.6 Å². The Balaban J connectivity index is 1.80. The smallest absolute Gasteiger partial charge is 0.123 e. The summed E-state index contributed by atoms with van der Waals surface area (Å²) in [5, 5.41) is 17.9. The van der Waals surface area contributed by atoms with E-state index in [2.05, 4.69) is 113 Å². The lowest BCUT2D eigenvalue weighted by Gasteiger charge is -2.28. The van der Waals surface area contributed by atoms with Crippen LogP contribution in [0.15, 0.2) is 66.7 Å². The summed E-state index contributed by atoms with van der Waals surface area (Å²) >= 11 is 0. The van der Waals surface area contributed by atoms with E-state index < -0.39 is 0 Å². The van der Waals surface area contributed by atoms with Crippen molar-refractivity contribution in [3.05, 3.63) is 83.4 Å². The Morgan fingerprint density at radius 3 is 1.67 bits per heavy atom. The molecule has 0 saturated heterocycles. The van der Waals surface area contributed by atoms with Gasteiger partial charge in [0, 0.05) is 34.7 Å². The Labute approximate surface area is 181 Å². The number of hydrogen-bond acceptors (Lipinski definition) is 3. The van der Waals surface area contributed by atoms with Crippen molar-refractivity contribution in [3.63, 3.8) is 0 Å². The highest BCUT2D eigenvalue weighted by Crippen LogP contribution is 2.41. The van der Waals surface area contributed by atoms with E-state index in [0.717, 1.165) is 34.7 Å². The minimum Gasteiger partial charge on any atom is -0.507 e. The van der Waals surface area contributed by atoms with Gasteiger partial charge in [0.05, 0.1) is 0 Å². The van der Waals surface area contributed by atoms with Crippen LogP contribution in [-0.2, 0) is 17.4 Å². The largest absolute Gasteiger partial charge is 0.507 e. The Morgan fingerprint density at radius 2 is 1.17 bits per heavy atom. The van der Waals surface area contributed by atoms with Crippen molar-refractivity contribution in [3.8, 4) is 5.75 Å². The van der Waals surface area contributed by atoms with E-state index in [1.807, 2.05) is 6.07 Å². The van der Waals surface area contributed by atoms with Crippen LogP contribution in [0, 0.1) is 0 Å². The maximum Gasteiger partial charge on any atom is 0.123 e. The highest BCUT2D eigenvalue weighted by Gasteiger charge is 2.26. The summed E-state index contributed by atoms with van der Waals surface area (Å²) < 4.78 is 0. The van der Waals surface area contributed by atoms with Gasteiger partial charge in [-0.15, -0.1) is 0 Å². The predicted octanol–water partition coefficient (Wildman–Crippen LogP) is 7.34. The Morgan fingerprint density at radius 1 is 0.667 bits per heavy atom. The molecular formula is C27H34N2O. The number of nitrogens with one attached hydrogen (secondary N) is 2. The fourth-order valence-corrected chi connectivity index (χ4v) is 3.49. The number of phenols is 1. The molecule has 0 aliphatic heterocycles. The van der Waals surface area contributed by atoms with E-state index in [1.54, 1.807) is 0 Å². The number of benzene rings is 3. The van der Waals surface area contributed by atoms with Crippen LogP contribution in [0.4, 0.5) is 17.1 Å². The standard InChI is InChI=1S/C27H34N2O/c1-26(2,3)23-16-22(17-24(25(23)30)27(4,5)6)29-21-14-12-20(13-15-21)28-18-19-10-8-7-9-11-19/h7-17,28-30H,18H2,1-6H3. The fourth-order valence-electron chi connectivity index (χ4n) is 3.49. The first-order valence-electron chi connectivity index (χ1n) is 10.6. The molecule has 3 rings (SSSR count). The normalized spacial score (nSPS) is 11.9. The number of aromatic hydroxyl groups is 1. The molecule has 3 N–H and O–H groups in total. The van der Waals surface area contributed by atoms with Crippen LogP contribution < -0.4 is 10.6 Å². The summed E-state index contributed by atoms with van der Waals surface area (Å²) in [4.78, 5) is 0. The molecule has 0 unspecified atom stereocenters. The predicted molar refractivity (Wildman–Crippen MR) is 129 cm³/mol. The number of hydrogen-bond donors (Lipinski definition) is 3. The molecule has 0 bridgehead atoms. The molecule has 0 saturated carbocycles. The number of anilines is 3. The first kappa shape index (κ1) is 21.8. The van der Waals surface area contributed by atoms with E-state index in [1.165, 1.54) is 5.56 Å². The monoisotopic (exact) mass is 402 g/mol. The van der Waals surface area contributed by atoms with Gasteiger partial charge in [0.1, 0.15) is 5.75 Å². The van der Waals surface area contributed by atoms with Gasteiger partial charge in [-0.2, -0.15) is 0 Å². The first-order chi connectivity index (χ1) is 14.0. The number of rotatable bonds is 5. The molecule has 0 spiro atoms. The fraction of sp³-hybridized carbons (Fsp3) is 0.333. The summed E-state index contributed by atoms with van der Waals surface area (Å²) in [5.74, 6) is 0.404. The third-order valence-corrected chi connectivity index (χ3v) is 5.24. The van der Waals surface area contributed by atoms with Gasteiger partial charge in [0.2, 0.25) is 0 Å². The second kappa shape index (κ2) is 8.43. The summed E-state index contributed by atoms with van der Waals surface area (Å²) in [6, 6.07) is 22.8. The molecule has 0 aliphatic carbocycles. The molecule has 0 aliphatic rings. The van der Waals surface area contributed by atoms with Crippen molar-refractivity contribution in [2.45, 2.75) is 58.9 Å². The van der Waals surface area contributed by atoms with Crippen LogP contribution in [0.5, 0.6) is 5.75 Å². The van der Waals surface area contributed by atoms with Crippen LogP contribution in [0.3, 0.4) is 0 Å². The van der Waals surface area contributed by atoms with E-state index >= 15 is 0 Å². The summed E-state index contributed by atoms with van der Waals surface area (Å²) in [7, 11) is 0. The van der Waals surface area contributed by atoms with Gasteiger partial charge < -0.3 is 15.7 Å². The SMILES string of the molecule is CC(C)(C)c1cc(Nc2ccc(NCc3ccccc3)cc2)cc(C(C)(C)C)c1O. The maximum atomic E-state index is 10.9. The Bertz CT molecular complexity index is 943. The van der Waals surface area contributed by atoms with E-state index in [4.69, 9.17) is 0 Å². The van der Waals surface area contributed by atoms with Crippen molar-refractivity contribution < 1.29 is 5.11 Å². The minimum absolute atomic E-state index is 0.146. The van der Waals surface area contributed by atoms with Crippen molar-refractivity contribution in [1.29, 1.82) is 0 Å². The highest BCUT2D eigenvalue weighted by molar-refractivity contribution is 5.67. The van der Waals surface area contributed by atoms with Crippen LogP contribution in [0.2, 0.25) is 0 Å². The Hall–Kier alpha value is -2.94. The average molecular weight is 403 g/mol. The van der Waals surface area contributed by atoms with Gasteiger partial charge in [-0.05, 0) is 52.8 Å². The van der Waals surface area contributed by atoms with Crippen LogP contribution in [-0.4, -0.2) is 5.11 Å². The molecule has 3 aromatic carbocycles. The zero-order valence-electron chi connectivity index (χ0n) is 19.0. The molecule has 0 aromatic heterocycles. The maximum absolute atomic E-state index is 10.9. The third-order valence-electron chi connectivity index (χ3n) is 5.24. The van der Waals surface area contributed by atoms with Gasteiger partial charge in [-0.1, -0.05) is 71.9 Å². The summed E-state index contributed by atoms with van der Waals surface area (Å²) in [5.41, 5.74) is 5.98. The van der Waals surface area contributed by atoms with Gasteiger partial charge in [-0.3, -0.25) is 0 Å². The molecule has 0 amide bonds. The molecule has 0 fully saturated rings. The highest BCUT2D eigenvalue weighted by atomic mass is 16.3. The average Bonchev–Trinajstić information content (AvgIpc) is 2.68. The summed E-state index contributed by atoms with van der Waals surface area (Å²) in [6.07, 6.45) is 0. The van der Waals surface area contributed by atoms with E-state index in [0.29, 0.717) is 5.75 Å². The molecular weight excluding hydrogens is 368 g/mol. The molecule has 158 valence electrons. The summed E-state index contributed by atoms with van der Waals surface area (Å²) in [6.45, 7) is 13.6. The van der Waals surface area contributed by atoms with Crippen molar-refractivity contribution in [2.24, 2.45) is 0 Å². The molecule has 30 heavy (non-hydrogen) atoms. The molecule has 0 heterocycles. The quantitative estimate of drug-likeness (QED) is 0.391. The van der Waals surface area contributed by atoms with Crippen LogP contribution in [0.1, 0.15) is 58.2 Å². The zero-order valence-corrected chi connectivity index (χ0v) is 19.0. The van der Waals surface area contributed by atoms with Gasteiger partial charge in [0.25, 0.3) is 0 Å². The lowest BCUT2D eigenvalue weighted by molar-refractivity contribution is 0.423. The molecule has 0 radical (unpaired) electrons. The van der Waals surface area contributed by atoms with E-state index in [-0.39, 0.29) is 10.8 Å². The molecule has 0 atom stereocenters. The van der Waals surface area contributed by atoms with Crippen LogP contribution in [0.25, 0.3) is 0 Å². The van der Waals surface area contributed by atoms with Crippen molar-refractivity contribution in [1.82, 2.24) is 0 Å². The zero-order chi connectivity index (χ0) is 21.9. The van der Waals surface area contributed by atoms with Crippen molar-refractivity contribution >= 4 is 17.1 Å². The second-order valence-corrected chi connectivity index (χ2v) is 9.96. The lowest BCUT2D eigenvalue weighted by atomic mass is 9.79. The molecule has 3 nitrogen and oxygen atoms in total. The number of phenolic OH excluding ortho intramolecular Hbond substituents is 1. The van der Waals surface area contributed by atoms with Gasteiger partial charge >= 0.3 is 0 Å². The Kier molecular flexibility index (Phi) is 6.12. The first-order valence-corrected chi connectivity index (χ1v) is 10.6. The topological polar surface area (TPSA) is 44.3 Å². The van der Waals surface area contributed by atoms with E-state index in [9.17, 15) is 5.11 Å². The molecule has 3 heteroatoms.